The number of phenols is 3. The van der Waals surface area contributed by atoms with Gasteiger partial charge in [-0.25, -0.2) is 0 Å². The minimum atomic E-state index is -0.330. The Morgan fingerprint density at radius 2 is 1.46 bits per heavy atom. The molecule has 1 aliphatic heterocycles. The molecule has 7 heteroatoms. The molecule has 0 saturated heterocycles. The van der Waals surface area contributed by atoms with Gasteiger partial charge in [-0.1, -0.05) is 30.4 Å². The lowest BCUT2D eigenvalue weighted by Crippen LogP contribution is -2.11. The lowest BCUT2D eigenvalue weighted by Gasteiger charge is -2.21. The number of ether oxygens (including phenoxy) is 3. The Morgan fingerprint density at radius 3 is 2.14 bits per heavy atom. The Bertz CT molecular complexity index is 1460. The molecular weight excluding hydrogens is 536 g/mol. The number of hydrogen-bond acceptors (Lipinski definition) is 6. The maximum Gasteiger partial charge on any atom is 0.135 e. The molecule has 1 aliphatic rings. The van der Waals surface area contributed by atoms with Gasteiger partial charge in [-0.15, -0.1) is 0 Å². The van der Waals surface area contributed by atoms with E-state index >= 15 is 0 Å². The first-order chi connectivity index (χ1) is 17.9. The van der Waals surface area contributed by atoms with Crippen molar-refractivity contribution in [2.45, 2.75) is 12.0 Å². The van der Waals surface area contributed by atoms with Gasteiger partial charge in [0.25, 0.3) is 0 Å². The molecule has 6 nitrogen and oxygen atoms in total. The van der Waals surface area contributed by atoms with Crippen LogP contribution < -0.4 is 14.2 Å². The Labute approximate surface area is 223 Å². The monoisotopic (exact) mass is 560 g/mol. The van der Waals surface area contributed by atoms with Crippen LogP contribution in [0.1, 0.15) is 39.8 Å². The maximum atomic E-state index is 10.0. The highest BCUT2D eigenvalue weighted by atomic mass is 79.9. The molecule has 5 rings (SSSR count). The number of methoxy groups -OCH3 is 2. The molecule has 0 spiro atoms. The second-order valence-electron chi connectivity index (χ2n) is 8.75. The predicted molar refractivity (Wildman–Crippen MR) is 146 cm³/mol. The lowest BCUT2D eigenvalue weighted by atomic mass is 9.84. The first kappa shape index (κ1) is 24.6. The van der Waals surface area contributed by atoms with Gasteiger partial charge in [0, 0.05) is 17.7 Å². The van der Waals surface area contributed by atoms with E-state index in [-0.39, 0.29) is 29.3 Å². The predicted octanol–water partition coefficient (Wildman–Crippen LogP) is 7.02. The van der Waals surface area contributed by atoms with Crippen LogP contribution in [-0.2, 0) is 0 Å². The van der Waals surface area contributed by atoms with Crippen LogP contribution in [0.15, 0.2) is 77.3 Å². The summed E-state index contributed by atoms with van der Waals surface area (Å²) in [4.78, 5) is 0. The maximum absolute atomic E-state index is 10.0. The summed E-state index contributed by atoms with van der Waals surface area (Å²) in [5, 5.41) is 29.7. The van der Waals surface area contributed by atoms with Gasteiger partial charge < -0.3 is 29.5 Å². The van der Waals surface area contributed by atoms with Gasteiger partial charge in [0.1, 0.15) is 40.6 Å². The van der Waals surface area contributed by atoms with Crippen molar-refractivity contribution in [3.63, 3.8) is 0 Å². The smallest absolute Gasteiger partial charge is 0.135 e. The standard InChI is InChI=1S/C30H25BrO6/c1-35-23-13-20(14-24(16-23)36-2)28-25-11-17(3-5-19-12-22(33)15-26(34)29(19)31)4-10-27(25)37-30(28)18-6-8-21(32)9-7-18/h3-16,28,30,32-34H,1-2H3/b5-3+. The van der Waals surface area contributed by atoms with Crippen LogP contribution in [0, 0.1) is 0 Å². The zero-order valence-corrected chi connectivity index (χ0v) is 21.8. The fourth-order valence-electron chi connectivity index (χ4n) is 4.60. The van der Waals surface area contributed by atoms with Crippen LogP contribution >= 0.6 is 15.9 Å². The number of halogens is 1. The van der Waals surface area contributed by atoms with Crippen molar-refractivity contribution in [2.75, 3.05) is 14.2 Å². The summed E-state index contributed by atoms with van der Waals surface area (Å²) in [6.45, 7) is 0. The molecule has 0 aliphatic carbocycles. The molecule has 37 heavy (non-hydrogen) atoms. The quantitative estimate of drug-likeness (QED) is 0.219. The van der Waals surface area contributed by atoms with Gasteiger partial charge in [0.15, 0.2) is 0 Å². The van der Waals surface area contributed by atoms with Crippen LogP contribution in [0.3, 0.4) is 0 Å². The highest BCUT2D eigenvalue weighted by Crippen LogP contribution is 2.51. The van der Waals surface area contributed by atoms with E-state index < -0.39 is 0 Å². The van der Waals surface area contributed by atoms with Crippen LogP contribution in [0.5, 0.6) is 34.5 Å². The second kappa shape index (κ2) is 10.1. The number of benzene rings is 4. The van der Waals surface area contributed by atoms with E-state index in [1.807, 2.05) is 54.6 Å². The molecule has 2 unspecified atom stereocenters. The lowest BCUT2D eigenvalue weighted by molar-refractivity contribution is 0.222. The summed E-state index contributed by atoms with van der Waals surface area (Å²) in [6, 6.07) is 21.6. The highest BCUT2D eigenvalue weighted by molar-refractivity contribution is 9.10. The number of fused-ring (bicyclic) bond motifs is 1. The minimum Gasteiger partial charge on any atom is -0.508 e. The zero-order chi connectivity index (χ0) is 26.1. The summed E-state index contributed by atoms with van der Waals surface area (Å²) >= 11 is 3.37. The van der Waals surface area contributed by atoms with Crippen LogP contribution in [0.4, 0.5) is 0 Å². The van der Waals surface area contributed by atoms with Crippen LogP contribution in [0.2, 0.25) is 0 Å². The van der Waals surface area contributed by atoms with E-state index in [4.69, 9.17) is 14.2 Å². The highest BCUT2D eigenvalue weighted by Gasteiger charge is 2.37. The van der Waals surface area contributed by atoms with Crippen molar-refractivity contribution in [3.8, 4) is 34.5 Å². The Morgan fingerprint density at radius 1 is 0.757 bits per heavy atom. The zero-order valence-electron chi connectivity index (χ0n) is 20.2. The topological polar surface area (TPSA) is 88.4 Å². The van der Waals surface area contributed by atoms with Crippen LogP contribution in [0.25, 0.3) is 12.2 Å². The van der Waals surface area contributed by atoms with Gasteiger partial charge >= 0.3 is 0 Å². The molecular formula is C30H25BrO6. The average Bonchev–Trinajstić information content (AvgIpc) is 3.28. The van der Waals surface area contributed by atoms with E-state index in [2.05, 4.69) is 22.0 Å². The Hall–Kier alpha value is -4.10. The molecule has 4 aromatic carbocycles. The first-order valence-corrected chi connectivity index (χ1v) is 12.4. The van der Waals surface area contributed by atoms with Crippen molar-refractivity contribution in [3.05, 3.63) is 105 Å². The van der Waals surface area contributed by atoms with Gasteiger partial charge in [0.05, 0.1) is 24.6 Å². The molecule has 0 saturated carbocycles. The Kier molecular flexibility index (Phi) is 6.72. The number of phenolic OH excluding ortho intramolecular Hbond substituents is 3. The van der Waals surface area contributed by atoms with Gasteiger partial charge in [-0.05, 0) is 80.6 Å². The summed E-state index contributed by atoms with van der Waals surface area (Å²) < 4.78 is 18.0. The molecule has 0 aromatic heterocycles. The summed E-state index contributed by atoms with van der Waals surface area (Å²) in [7, 11) is 3.24. The van der Waals surface area contributed by atoms with Crippen LogP contribution in [-0.4, -0.2) is 29.5 Å². The van der Waals surface area contributed by atoms with E-state index in [1.165, 1.54) is 6.07 Å². The third-order valence-electron chi connectivity index (χ3n) is 6.40. The molecule has 188 valence electrons. The Balaban J connectivity index is 1.59. The summed E-state index contributed by atoms with van der Waals surface area (Å²) in [5.74, 6) is 2.08. The molecule has 0 radical (unpaired) electrons. The molecule has 4 aromatic rings. The minimum absolute atomic E-state index is 0.0218. The molecule has 0 fully saturated rings. The van der Waals surface area contributed by atoms with Crippen molar-refractivity contribution in [1.29, 1.82) is 0 Å². The molecule has 3 N–H and O–H groups in total. The second-order valence-corrected chi connectivity index (χ2v) is 9.55. The summed E-state index contributed by atoms with van der Waals surface area (Å²) in [6.07, 6.45) is 3.40. The van der Waals surface area contributed by atoms with Gasteiger partial charge in [0.2, 0.25) is 0 Å². The van der Waals surface area contributed by atoms with Crippen molar-refractivity contribution >= 4 is 28.1 Å². The SMILES string of the molecule is COc1cc(OC)cc(C2c3cc(/C=C/c4cc(O)cc(O)c4Br)ccc3OC2c2ccc(O)cc2)c1. The first-order valence-electron chi connectivity index (χ1n) is 11.6. The van der Waals surface area contributed by atoms with Crippen molar-refractivity contribution in [1.82, 2.24) is 0 Å². The average molecular weight is 561 g/mol. The third-order valence-corrected chi connectivity index (χ3v) is 7.27. The largest absolute Gasteiger partial charge is 0.508 e. The van der Waals surface area contributed by atoms with E-state index in [0.717, 1.165) is 28.0 Å². The van der Waals surface area contributed by atoms with Crippen molar-refractivity contribution < 1.29 is 29.5 Å². The fraction of sp³-hybridized carbons (Fsp3) is 0.133. The van der Waals surface area contributed by atoms with E-state index in [9.17, 15) is 15.3 Å². The molecule has 2 atom stereocenters. The normalized spacial score (nSPS) is 16.4. The number of aromatic hydroxyl groups is 3. The fourth-order valence-corrected chi connectivity index (χ4v) is 4.96. The van der Waals surface area contributed by atoms with E-state index in [1.54, 1.807) is 32.4 Å². The molecule has 0 amide bonds. The summed E-state index contributed by atoms with van der Waals surface area (Å²) in [5.41, 5.74) is 4.45. The van der Waals surface area contributed by atoms with E-state index in [0.29, 0.717) is 21.5 Å². The molecule has 1 heterocycles. The number of rotatable bonds is 6. The van der Waals surface area contributed by atoms with Crippen molar-refractivity contribution in [2.24, 2.45) is 0 Å². The number of hydrogen-bond donors (Lipinski definition) is 3. The van der Waals surface area contributed by atoms with Gasteiger partial charge in [-0.2, -0.15) is 0 Å². The van der Waals surface area contributed by atoms with Gasteiger partial charge in [-0.3, -0.25) is 0 Å². The molecule has 0 bridgehead atoms. The third kappa shape index (κ3) is 4.95.